The summed E-state index contributed by atoms with van der Waals surface area (Å²) in [5, 5.41) is 3.41. The van der Waals surface area contributed by atoms with Gasteiger partial charge in [-0.2, -0.15) is 0 Å². The van der Waals surface area contributed by atoms with Gasteiger partial charge in [-0.1, -0.05) is 27.7 Å². The highest BCUT2D eigenvalue weighted by molar-refractivity contribution is 14.1. The second-order valence-electron chi connectivity index (χ2n) is 7.25. The van der Waals surface area contributed by atoms with Crippen LogP contribution in [0.15, 0.2) is 0 Å². The standard InChI is InChI=1S/C17H28IN3/c1-6-19-16-13(18)14(11(2)3)20-15(21-16)12-7-9-17(4,5)10-8-12/h11-12H,6-10H2,1-5H3,(H,19,20,21). The molecule has 0 spiro atoms. The molecule has 1 aliphatic rings. The lowest BCUT2D eigenvalue weighted by Gasteiger charge is -2.34. The number of hydrogen-bond acceptors (Lipinski definition) is 3. The number of halogens is 1. The van der Waals surface area contributed by atoms with Gasteiger partial charge in [0, 0.05) is 12.5 Å². The smallest absolute Gasteiger partial charge is 0.143 e. The van der Waals surface area contributed by atoms with E-state index in [2.05, 4.69) is 62.5 Å². The number of rotatable bonds is 4. The molecule has 21 heavy (non-hydrogen) atoms. The Morgan fingerprint density at radius 2 is 1.86 bits per heavy atom. The molecule has 118 valence electrons. The van der Waals surface area contributed by atoms with Crippen LogP contribution in [-0.4, -0.2) is 16.5 Å². The van der Waals surface area contributed by atoms with Crippen LogP contribution in [-0.2, 0) is 0 Å². The van der Waals surface area contributed by atoms with Gasteiger partial charge in [0.15, 0.2) is 0 Å². The maximum absolute atomic E-state index is 4.93. The third-order valence-electron chi connectivity index (χ3n) is 4.49. The van der Waals surface area contributed by atoms with Gasteiger partial charge in [-0.05, 0) is 66.5 Å². The van der Waals surface area contributed by atoms with Crippen molar-refractivity contribution in [2.75, 3.05) is 11.9 Å². The van der Waals surface area contributed by atoms with E-state index in [1.54, 1.807) is 0 Å². The summed E-state index contributed by atoms with van der Waals surface area (Å²) >= 11 is 2.39. The van der Waals surface area contributed by atoms with Crippen LogP contribution in [0.3, 0.4) is 0 Å². The SMILES string of the molecule is CCNc1nc(C2CCC(C)(C)CC2)nc(C(C)C)c1I. The summed E-state index contributed by atoms with van der Waals surface area (Å²) < 4.78 is 1.18. The van der Waals surface area contributed by atoms with E-state index in [-0.39, 0.29) is 0 Å². The van der Waals surface area contributed by atoms with Crippen molar-refractivity contribution >= 4 is 28.4 Å². The Balaban J connectivity index is 2.31. The third-order valence-corrected chi connectivity index (χ3v) is 5.55. The van der Waals surface area contributed by atoms with Gasteiger partial charge in [0.1, 0.15) is 11.6 Å². The fourth-order valence-corrected chi connectivity index (χ4v) is 4.04. The van der Waals surface area contributed by atoms with Crippen molar-refractivity contribution in [2.24, 2.45) is 5.41 Å². The van der Waals surface area contributed by atoms with Crippen LogP contribution in [0.4, 0.5) is 5.82 Å². The number of nitrogens with one attached hydrogen (secondary N) is 1. The lowest BCUT2D eigenvalue weighted by atomic mass is 9.73. The van der Waals surface area contributed by atoms with Crippen LogP contribution in [0, 0.1) is 8.99 Å². The molecule has 1 aromatic rings. The molecule has 0 unspecified atom stereocenters. The molecule has 0 amide bonds. The highest BCUT2D eigenvalue weighted by atomic mass is 127. The Morgan fingerprint density at radius 1 is 1.24 bits per heavy atom. The van der Waals surface area contributed by atoms with E-state index in [1.165, 1.54) is 34.9 Å². The number of hydrogen-bond donors (Lipinski definition) is 1. The quantitative estimate of drug-likeness (QED) is 0.694. The van der Waals surface area contributed by atoms with Crippen molar-refractivity contribution in [3.05, 3.63) is 15.1 Å². The van der Waals surface area contributed by atoms with Crippen molar-refractivity contribution < 1.29 is 0 Å². The van der Waals surface area contributed by atoms with Crippen LogP contribution in [0.25, 0.3) is 0 Å². The fraction of sp³-hybridized carbons (Fsp3) is 0.765. The number of anilines is 1. The molecule has 0 saturated heterocycles. The van der Waals surface area contributed by atoms with Gasteiger partial charge < -0.3 is 5.32 Å². The van der Waals surface area contributed by atoms with E-state index in [0.717, 1.165) is 18.2 Å². The Hall–Kier alpha value is -0.390. The van der Waals surface area contributed by atoms with Gasteiger partial charge >= 0.3 is 0 Å². The molecular formula is C17H28IN3. The highest BCUT2D eigenvalue weighted by Crippen LogP contribution is 2.42. The largest absolute Gasteiger partial charge is 0.369 e. The molecule has 3 nitrogen and oxygen atoms in total. The van der Waals surface area contributed by atoms with E-state index < -0.39 is 0 Å². The molecule has 1 heterocycles. The minimum Gasteiger partial charge on any atom is -0.369 e. The summed E-state index contributed by atoms with van der Waals surface area (Å²) in [4.78, 5) is 9.77. The predicted molar refractivity (Wildman–Crippen MR) is 98.0 cm³/mol. The number of aromatic nitrogens is 2. The molecule has 1 aromatic heterocycles. The van der Waals surface area contributed by atoms with E-state index in [1.807, 2.05) is 0 Å². The average molecular weight is 401 g/mol. The average Bonchev–Trinajstić information content (AvgIpc) is 2.41. The lowest BCUT2D eigenvalue weighted by molar-refractivity contribution is 0.220. The molecule has 1 saturated carbocycles. The van der Waals surface area contributed by atoms with Crippen molar-refractivity contribution in [2.45, 2.75) is 72.1 Å². The first-order chi connectivity index (χ1) is 9.84. The monoisotopic (exact) mass is 401 g/mol. The van der Waals surface area contributed by atoms with Crippen molar-refractivity contribution in [1.82, 2.24) is 9.97 Å². The summed E-state index contributed by atoms with van der Waals surface area (Å²) in [6.07, 6.45) is 4.99. The van der Waals surface area contributed by atoms with Gasteiger partial charge in [-0.25, -0.2) is 9.97 Å². The Kier molecular flexibility index (Phi) is 5.49. The van der Waals surface area contributed by atoms with Crippen LogP contribution in [0.1, 0.15) is 83.7 Å². The van der Waals surface area contributed by atoms with Gasteiger partial charge in [-0.15, -0.1) is 0 Å². The van der Waals surface area contributed by atoms with Gasteiger partial charge in [0.05, 0.1) is 9.26 Å². The summed E-state index contributed by atoms with van der Waals surface area (Å²) in [5.41, 5.74) is 1.69. The van der Waals surface area contributed by atoms with E-state index in [4.69, 9.17) is 9.97 Å². The van der Waals surface area contributed by atoms with Gasteiger partial charge in [0.2, 0.25) is 0 Å². The van der Waals surface area contributed by atoms with Crippen molar-refractivity contribution in [1.29, 1.82) is 0 Å². The first-order valence-corrected chi connectivity index (χ1v) is 9.23. The second kappa shape index (κ2) is 6.80. The van der Waals surface area contributed by atoms with Crippen molar-refractivity contribution in [3.63, 3.8) is 0 Å². The van der Waals surface area contributed by atoms with Crippen LogP contribution >= 0.6 is 22.6 Å². The van der Waals surface area contributed by atoms with Gasteiger partial charge in [0.25, 0.3) is 0 Å². The Bertz CT molecular complexity index is 487. The maximum Gasteiger partial charge on any atom is 0.143 e. The molecular weight excluding hydrogens is 373 g/mol. The van der Waals surface area contributed by atoms with Crippen LogP contribution < -0.4 is 5.32 Å². The maximum atomic E-state index is 4.93. The summed E-state index contributed by atoms with van der Waals surface area (Å²) in [6.45, 7) is 12.2. The zero-order chi connectivity index (χ0) is 15.6. The zero-order valence-corrected chi connectivity index (χ0v) is 16.1. The molecule has 0 aromatic carbocycles. The molecule has 1 aliphatic carbocycles. The van der Waals surface area contributed by atoms with Crippen LogP contribution in [0.2, 0.25) is 0 Å². The summed E-state index contributed by atoms with van der Waals surface area (Å²) in [7, 11) is 0. The molecule has 2 rings (SSSR count). The zero-order valence-electron chi connectivity index (χ0n) is 14.0. The summed E-state index contributed by atoms with van der Waals surface area (Å²) in [5.74, 6) is 3.06. The Labute approximate surface area is 142 Å². The topological polar surface area (TPSA) is 37.8 Å². The first-order valence-electron chi connectivity index (χ1n) is 8.15. The number of nitrogens with zero attached hydrogens (tertiary/aromatic N) is 2. The van der Waals surface area contributed by atoms with E-state index in [9.17, 15) is 0 Å². The lowest BCUT2D eigenvalue weighted by Crippen LogP contribution is -2.22. The Morgan fingerprint density at radius 3 is 2.38 bits per heavy atom. The normalized spacial score (nSPS) is 19.0. The van der Waals surface area contributed by atoms with Gasteiger partial charge in [-0.3, -0.25) is 0 Å². The molecule has 4 heteroatoms. The predicted octanol–water partition coefficient (Wildman–Crippen LogP) is 5.32. The highest BCUT2D eigenvalue weighted by Gasteiger charge is 2.30. The van der Waals surface area contributed by atoms with E-state index in [0.29, 0.717) is 17.3 Å². The molecule has 0 radical (unpaired) electrons. The van der Waals surface area contributed by atoms with Crippen molar-refractivity contribution in [3.8, 4) is 0 Å². The first kappa shape index (κ1) is 17.0. The summed E-state index contributed by atoms with van der Waals surface area (Å²) in [6, 6.07) is 0. The minimum atomic E-state index is 0.441. The van der Waals surface area contributed by atoms with E-state index >= 15 is 0 Å². The molecule has 0 bridgehead atoms. The molecule has 1 N–H and O–H groups in total. The third kappa shape index (κ3) is 4.08. The molecule has 0 aliphatic heterocycles. The minimum absolute atomic E-state index is 0.441. The van der Waals surface area contributed by atoms with Crippen LogP contribution in [0.5, 0.6) is 0 Å². The molecule has 0 atom stereocenters. The molecule has 1 fully saturated rings. The fourth-order valence-electron chi connectivity index (χ4n) is 2.99. The second-order valence-corrected chi connectivity index (χ2v) is 8.33.